The van der Waals surface area contributed by atoms with Crippen molar-refractivity contribution in [1.29, 1.82) is 0 Å². The topological polar surface area (TPSA) is 102 Å². The van der Waals surface area contributed by atoms with E-state index in [2.05, 4.69) is 14.8 Å². The minimum Gasteiger partial charge on any atom is -0.467 e. The van der Waals surface area contributed by atoms with Gasteiger partial charge in [-0.1, -0.05) is 6.92 Å². The second-order valence-corrected chi connectivity index (χ2v) is 6.75. The predicted molar refractivity (Wildman–Crippen MR) is 80.9 cm³/mol. The monoisotopic (exact) mass is 328 g/mol. The number of ether oxygens (including phenoxy) is 1. The fourth-order valence-corrected chi connectivity index (χ4v) is 2.47. The summed E-state index contributed by atoms with van der Waals surface area (Å²) in [6, 6.07) is 5.41. The molecule has 0 fully saturated rings. The lowest BCUT2D eigenvalue weighted by molar-refractivity contribution is -0.147. The van der Waals surface area contributed by atoms with Crippen LogP contribution in [0.2, 0.25) is 0 Å². The molecular formula is C14H20N2O5S. The smallest absolute Gasteiger partial charge is 0.331 e. The molecule has 1 atom stereocenters. The van der Waals surface area contributed by atoms with Crippen LogP contribution >= 0.6 is 0 Å². The number of esters is 1. The van der Waals surface area contributed by atoms with Crippen LogP contribution in [-0.4, -0.2) is 40.0 Å². The van der Waals surface area contributed by atoms with Crippen LogP contribution in [0.25, 0.3) is 0 Å². The van der Waals surface area contributed by atoms with Gasteiger partial charge in [0.25, 0.3) is 5.91 Å². The summed E-state index contributed by atoms with van der Waals surface area (Å²) in [6.07, 6.45) is 0.359. The molecule has 7 nitrogen and oxygen atoms in total. The molecule has 122 valence electrons. The maximum atomic E-state index is 12.2. The molecule has 0 aliphatic carbocycles. The lowest BCUT2D eigenvalue weighted by Crippen LogP contribution is -2.52. The SMILES string of the molecule is CCC(C)(NC(=O)c1ccc(S(=O)(=O)NC)cc1)C(=O)OC. The molecule has 0 saturated heterocycles. The predicted octanol–water partition coefficient (Wildman–Crippen LogP) is 0.666. The van der Waals surface area contributed by atoms with E-state index < -0.39 is 27.4 Å². The molecule has 8 heteroatoms. The lowest BCUT2D eigenvalue weighted by Gasteiger charge is -2.26. The standard InChI is InChI=1S/C14H20N2O5S/c1-5-14(2,13(18)21-4)16-12(17)10-6-8-11(9-7-10)22(19,20)15-3/h6-9,15H,5H2,1-4H3,(H,16,17). The Kier molecular flexibility index (Phi) is 5.67. The summed E-state index contributed by atoms with van der Waals surface area (Å²) in [4.78, 5) is 24.0. The molecule has 1 aromatic rings. The van der Waals surface area contributed by atoms with Crippen molar-refractivity contribution in [2.75, 3.05) is 14.2 Å². The summed E-state index contributed by atoms with van der Waals surface area (Å²) < 4.78 is 30.1. The van der Waals surface area contributed by atoms with E-state index in [9.17, 15) is 18.0 Å². The zero-order valence-electron chi connectivity index (χ0n) is 13.0. The van der Waals surface area contributed by atoms with Gasteiger partial charge >= 0.3 is 5.97 Å². The average Bonchev–Trinajstić information content (AvgIpc) is 2.53. The third kappa shape index (κ3) is 3.83. The number of hydrogen-bond acceptors (Lipinski definition) is 5. The Morgan fingerprint density at radius 1 is 1.23 bits per heavy atom. The van der Waals surface area contributed by atoms with Crippen LogP contribution in [0.1, 0.15) is 30.6 Å². The van der Waals surface area contributed by atoms with E-state index in [1.807, 2.05) is 0 Å². The summed E-state index contributed by atoms with van der Waals surface area (Å²) in [5.74, 6) is -1.03. The van der Waals surface area contributed by atoms with Crippen LogP contribution in [0.3, 0.4) is 0 Å². The molecule has 0 aliphatic rings. The molecule has 0 aliphatic heterocycles. The third-order valence-electron chi connectivity index (χ3n) is 3.43. The fourth-order valence-electron chi connectivity index (χ4n) is 1.74. The summed E-state index contributed by atoms with van der Waals surface area (Å²) in [6.45, 7) is 3.32. The van der Waals surface area contributed by atoms with Crippen LogP contribution < -0.4 is 10.0 Å². The van der Waals surface area contributed by atoms with Gasteiger partial charge in [-0.05, 0) is 44.7 Å². The van der Waals surface area contributed by atoms with Crippen LogP contribution in [0.15, 0.2) is 29.2 Å². The van der Waals surface area contributed by atoms with E-state index in [4.69, 9.17) is 0 Å². The van der Waals surface area contributed by atoms with Gasteiger partial charge in [0, 0.05) is 5.56 Å². The van der Waals surface area contributed by atoms with E-state index in [-0.39, 0.29) is 10.5 Å². The first-order valence-electron chi connectivity index (χ1n) is 6.64. The molecule has 0 saturated carbocycles. The van der Waals surface area contributed by atoms with E-state index >= 15 is 0 Å². The molecule has 0 spiro atoms. The first-order valence-corrected chi connectivity index (χ1v) is 8.13. The number of rotatable bonds is 6. The van der Waals surface area contributed by atoms with Crippen molar-refractivity contribution in [3.8, 4) is 0 Å². The normalized spacial score (nSPS) is 14.0. The van der Waals surface area contributed by atoms with Crippen molar-refractivity contribution < 1.29 is 22.7 Å². The van der Waals surface area contributed by atoms with E-state index in [1.165, 1.54) is 38.4 Å². The largest absolute Gasteiger partial charge is 0.467 e. The Hall–Kier alpha value is -1.93. The quantitative estimate of drug-likeness (QED) is 0.747. The maximum absolute atomic E-state index is 12.2. The Balaban J connectivity index is 2.98. The molecule has 1 amide bonds. The molecular weight excluding hydrogens is 308 g/mol. The third-order valence-corrected chi connectivity index (χ3v) is 4.86. The van der Waals surface area contributed by atoms with Crippen molar-refractivity contribution in [2.24, 2.45) is 0 Å². The zero-order chi connectivity index (χ0) is 17.0. The molecule has 0 heterocycles. The number of amides is 1. The number of sulfonamides is 1. The summed E-state index contributed by atoms with van der Waals surface area (Å²) in [5.41, 5.74) is -0.889. The van der Waals surface area contributed by atoms with E-state index in [1.54, 1.807) is 13.8 Å². The van der Waals surface area contributed by atoms with Crippen molar-refractivity contribution in [1.82, 2.24) is 10.0 Å². The molecule has 2 N–H and O–H groups in total. The van der Waals surface area contributed by atoms with Crippen molar-refractivity contribution in [3.63, 3.8) is 0 Å². The number of methoxy groups -OCH3 is 1. The Morgan fingerprint density at radius 3 is 2.18 bits per heavy atom. The minimum atomic E-state index is -3.55. The average molecular weight is 328 g/mol. The van der Waals surface area contributed by atoms with Crippen LogP contribution in [0, 0.1) is 0 Å². The molecule has 1 rings (SSSR count). The Morgan fingerprint density at radius 2 is 1.77 bits per heavy atom. The van der Waals surface area contributed by atoms with Gasteiger partial charge in [-0.25, -0.2) is 17.9 Å². The highest BCUT2D eigenvalue weighted by molar-refractivity contribution is 7.89. The minimum absolute atomic E-state index is 0.0535. The number of carbonyl (C=O) groups is 2. The van der Waals surface area contributed by atoms with E-state index in [0.717, 1.165) is 0 Å². The lowest BCUT2D eigenvalue weighted by atomic mass is 9.98. The summed E-state index contributed by atoms with van der Waals surface area (Å²) in [5, 5.41) is 2.60. The van der Waals surface area contributed by atoms with Gasteiger partial charge in [0.1, 0.15) is 5.54 Å². The zero-order valence-corrected chi connectivity index (χ0v) is 13.8. The fraction of sp³-hybridized carbons (Fsp3) is 0.429. The van der Waals surface area contributed by atoms with Gasteiger partial charge in [0.2, 0.25) is 10.0 Å². The highest BCUT2D eigenvalue weighted by Crippen LogP contribution is 2.14. The first-order chi connectivity index (χ1) is 10.2. The summed E-state index contributed by atoms with van der Waals surface area (Å²) >= 11 is 0. The van der Waals surface area contributed by atoms with Gasteiger partial charge in [-0.15, -0.1) is 0 Å². The van der Waals surface area contributed by atoms with Crippen molar-refractivity contribution >= 4 is 21.9 Å². The summed E-state index contributed by atoms with van der Waals surface area (Å²) in [7, 11) is -0.999. The van der Waals surface area contributed by atoms with Gasteiger partial charge < -0.3 is 10.1 Å². The van der Waals surface area contributed by atoms with Crippen molar-refractivity contribution in [2.45, 2.75) is 30.7 Å². The molecule has 0 radical (unpaired) electrons. The molecule has 1 aromatic carbocycles. The van der Waals surface area contributed by atoms with Crippen LogP contribution in [0.5, 0.6) is 0 Å². The van der Waals surface area contributed by atoms with Crippen molar-refractivity contribution in [3.05, 3.63) is 29.8 Å². The Bertz CT molecular complexity index is 654. The number of hydrogen-bond donors (Lipinski definition) is 2. The second kappa shape index (κ2) is 6.89. The molecule has 1 unspecified atom stereocenters. The molecule has 22 heavy (non-hydrogen) atoms. The van der Waals surface area contributed by atoms with Gasteiger partial charge in [-0.3, -0.25) is 4.79 Å². The van der Waals surface area contributed by atoms with Gasteiger partial charge in [-0.2, -0.15) is 0 Å². The highest BCUT2D eigenvalue weighted by atomic mass is 32.2. The molecule has 0 aromatic heterocycles. The van der Waals surface area contributed by atoms with Crippen LogP contribution in [-0.2, 0) is 19.6 Å². The second-order valence-electron chi connectivity index (χ2n) is 4.86. The Labute approximate surface area is 130 Å². The highest BCUT2D eigenvalue weighted by Gasteiger charge is 2.34. The number of benzene rings is 1. The first kappa shape index (κ1) is 18.1. The van der Waals surface area contributed by atoms with E-state index in [0.29, 0.717) is 6.42 Å². The number of carbonyl (C=O) groups excluding carboxylic acids is 2. The number of nitrogens with one attached hydrogen (secondary N) is 2. The van der Waals surface area contributed by atoms with Crippen LogP contribution in [0.4, 0.5) is 0 Å². The van der Waals surface area contributed by atoms with Gasteiger partial charge in [0.15, 0.2) is 0 Å². The maximum Gasteiger partial charge on any atom is 0.331 e. The molecule has 0 bridgehead atoms. The van der Waals surface area contributed by atoms with Gasteiger partial charge in [0.05, 0.1) is 12.0 Å².